The van der Waals surface area contributed by atoms with Gasteiger partial charge in [-0.1, -0.05) is 0 Å². The summed E-state index contributed by atoms with van der Waals surface area (Å²) >= 11 is 0. The highest BCUT2D eigenvalue weighted by atomic mass is 16.5. The van der Waals surface area contributed by atoms with Crippen molar-refractivity contribution in [3.8, 4) is 0 Å². The first-order valence-corrected chi connectivity index (χ1v) is 6.82. The van der Waals surface area contributed by atoms with Crippen molar-refractivity contribution >= 4 is 28.6 Å². The molecule has 114 valence electrons. The highest BCUT2D eigenvalue weighted by Crippen LogP contribution is 2.29. The Morgan fingerprint density at radius 3 is 2.68 bits per heavy atom. The maximum Gasteiger partial charge on any atom is 0.419 e. The van der Waals surface area contributed by atoms with Gasteiger partial charge < -0.3 is 9.15 Å². The van der Waals surface area contributed by atoms with Gasteiger partial charge in [0, 0.05) is 13.1 Å². The summed E-state index contributed by atoms with van der Waals surface area (Å²) < 4.78 is 11.6. The second-order valence-corrected chi connectivity index (χ2v) is 5.54. The van der Waals surface area contributed by atoms with Crippen LogP contribution in [0.3, 0.4) is 0 Å². The number of piperazine rings is 1. The Hall–Kier alpha value is -2.45. The monoisotopic (exact) mass is 303 g/mol. The van der Waals surface area contributed by atoms with Gasteiger partial charge in [0.15, 0.2) is 5.58 Å². The van der Waals surface area contributed by atoms with Crippen LogP contribution >= 0.6 is 0 Å². The van der Waals surface area contributed by atoms with Crippen LogP contribution in [0, 0.1) is 0 Å². The molecule has 1 N–H and O–H groups in total. The van der Waals surface area contributed by atoms with Gasteiger partial charge in [-0.3, -0.25) is 19.5 Å². The number of carbonyl (C=O) groups is 2. The van der Waals surface area contributed by atoms with Crippen molar-refractivity contribution in [3.05, 3.63) is 28.7 Å². The Morgan fingerprint density at radius 1 is 1.23 bits per heavy atom. The van der Waals surface area contributed by atoms with Crippen molar-refractivity contribution in [2.45, 2.75) is 5.54 Å². The smallest absolute Gasteiger partial charge is 0.408 e. The molecule has 4 rings (SSSR count). The Morgan fingerprint density at radius 2 is 2.00 bits per heavy atom. The molecule has 3 heterocycles. The fourth-order valence-corrected chi connectivity index (χ4v) is 2.78. The van der Waals surface area contributed by atoms with Gasteiger partial charge in [0.05, 0.1) is 31.0 Å². The molecule has 22 heavy (non-hydrogen) atoms. The van der Waals surface area contributed by atoms with E-state index in [1.807, 2.05) is 0 Å². The van der Waals surface area contributed by atoms with Gasteiger partial charge in [-0.25, -0.2) is 9.69 Å². The lowest BCUT2D eigenvalue weighted by atomic mass is 9.92. The highest BCUT2D eigenvalue weighted by Gasteiger charge is 2.52. The Bertz CT molecular complexity index is 861. The van der Waals surface area contributed by atoms with Crippen molar-refractivity contribution in [3.63, 3.8) is 0 Å². The standard InChI is InChI=1S/C14H13N3O5/c1-16-9-3-2-8(4-10(9)22-13(16)20)17-11(18)5-15-14(12(17)19)6-21-7-14/h2-4,15H,5-7H2,1H3. The number of nitrogens with zero attached hydrogens (tertiary/aromatic N) is 2. The summed E-state index contributed by atoms with van der Waals surface area (Å²) in [4.78, 5) is 37.4. The summed E-state index contributed by atoms with van der Waals surface area (Å²) in [5.74, 6) is -1.18. The number of benzene rings is 1. The van der Waals surface area contributed by atoms with Gasteiger partial charge in [-0.2, -0.15) is 0 Å². The molecule has 0 bridgehead atoms. The molecule has 2 amide bonds. The van der Waals surface area contributed by atoms with E-state index in [1.54, 1.807) is 19.2 Å². The first-order valence-electron chi connectivity index (χ1n) is 6.82. The fraction of sp³-hybridized carbons (Fsp3) is 0.357. The molecule has 2 saturated heterocycles. The summed E-state index contributed by atoms with van der Waals surface area (Å²) in [5.41, 5.74) is 0.513. The molecule has 8 nitrogen and oxygen atoms in total. The lowest BCUT2D eigenvalue weighted by Gasteiger charge is -2.46. The summed E-state index contributed by atoms with van der Waals surface area (Å²) in [6, 6.07) is 4.82. The fourth-order valence-electron chi connectivity index (χ4n) is 2.78. The third-order valence-electron chi connectivity index (χ3n) is 4.17. The minimum Gasteiger partial charge on any atom is -0.408 e. The van der Waals surface area contributed by atoms with Crippen molar-refractivity contribution in [2.24, 2.45) is 7.05 Å². The zero-order valence-corrected chi connectivity index (χ0v) is 11.8. The van der Waals surface area contributed by atoms with E-state index in [0.717, 1.165) is 4.90 Å². The average molecular weight is 303 g/mol. The number of aromatic nitrogens is 1. The van der Waals surface area contributed by atoms with Crippen LogP contribution in [0.25, 0.3) is 11.1 Å². The first-order chi connectivity index (χ1) is 10.5. The molecule has 2 fully saturated rings. The van der Waals surface area contributed by atoms with E-state index in [-0.39, 0.29) is 31.6 Å². The minimum absolute atomic E-state index is 0.0614. The van der Waals surface area contributed by atoms with Crippen molar-refractivity contribution in [1.82, 2.24) is 9.88 Å². The Kier molecular flexibility index (Phi) is 2.57. The number of ether oxygens (including phenoxy) is 1. The van der Waals surface area contributed by atoms with Crippen LogP contribution in [-0.4, -0.2) is 41.7 Å². The molecule has 1 aromatic heterocycles. The van der Waals surface area contributed by atoms with Crippen LogP contribution in [0.15, 0.2) is 27.4 Å². The van der Waals surface area contributed by atoms with Crippen LogP contribution in [0.1, 0.15) is 0 Å². The number of hydrogen-bond acceptors (Lipinski definition) is 6. The van der Waals surface area contributed by atoms with E-state index in [9.17, 15) is 14.4 Å². The molecule has 2 aliphatic rings. The van der Waals surface area contributed by atoms with Gasteiger partial charge in [-0.05, 0) is 12.1 Å². The molecule has 0 unspecified atom stereocenters. The normalized spacial score (nSPS) is 20.7. The lowest BCUT2D eigenvalue weighted by Crippen LogP contribution is -2.75. The molecule has 2 aromatic rings. The number of carbonyl (C=O) groups excluding carboxylic acids is 2. The zero-order chi connectivity index (χ0) is 15.5. The summed E-state index contributed by atoms with van der Waals surface area (Å²) in [7, 11) is 1.59. The maximum atomic E-state index is 12.6. The summed E-state index contributed by atoms with van der Waals surface area (Å²) in [6.07, 6.45) is 0. The number of aryl methyl sites for hydroxylation is 1. The third-order valence-corrected chi connectivity index (χ3v) is 4.17. The highest BCUT2D eigenvalue weighted by molar-refractivity contribution is 6.21. The average Bonchev–Trinajstić information content (AvgIpc) is 2.72. The molecule has 1 spiro atoms. The predicted octanol–water partition coefficient (Wildman–Crippen LogP) is -0.637. The minimum atomic E-state index is -0.819. The van der Waals surface area contributed by atoms with Crippen LogP contribution in [0.5, 0.6) is 0 Å². The van der Waals surface area contributed by atoms with Crippen LogP contribution in [-0.2, 0) is 21.4 Å². The van der Waals surface area contributed by atoms with Crippen LogP contribution in [0.4, 0.5) is 5.69 Å². The Balaban J connectivity index is 1.80. The first kappa shape index (κ1) is 13.2. The van der Waals surface area contributed by atoms with Crippen LogP contribution in [0.2, 0.25) is 0 Å². The van der Waals surface area contributed by atoms with Gasteiger partial charge in [0.25, 0.3) is 5.91 Å². The van der Waals surface area contributed by atoms with Crippen molar-refractivity contribution in [1.29, 1.82) is 0 Å². The number of hydrogen-bond donors (Lipinski definition) is 1. The molecule has 0 atom stereocenters. The van der Waals surface area contributed by atoms with Gasteiger partial charge in [0.2, 0.25) is 5.91 Å². The molecule has 0 aliphatic carbocycles. The number of imide groups is 1. The van der Waals surface area contributed by atoms with E-state index < -0.39 is 11.3 Å². The largest absolute Gasteiger partial charge is 0.419 e. The molecular formula is C14H13N3O5. The van der Waals surface area contributed by atoms with Gasteiger partial charge in [0.1, 0.15) is 5.54 Å². The second-order valence-electron chi connectivity index (χ2n) is 5.54. The molecule has 0 saturated carbocycles. The molecular weight excluding hydrogens is 290 g/mol. The Labute approximate surface area is 124 Å². The summed E-state index contributed by atoms with van der Waals surface area (Å²) in [6.45, 7) is 0.558. The number of anilines is 1. The lowest BCUT2D eigenvalue weighted by molar-refractivity contribution is -0.152. The summed E-state index contributed by atoms with van der Waals surface area (Å²) in [5, 5.41) is 2.94. The number of rotatable bonds is 1. The number of amides is 2. The quantitative estimate of drug-likeness (QED) is 0.705. The van der Waals surface area contributed by atoms with Crippen molar-refractivity contribution < 1.29 is 18.7 Å². The molecule has 8 heteroatoms. The van der Waals surface area contributed by atoms with E-state index in [0.29, 0.717) is 16.8 Å². The molecule has 1 aromatic carbocycles. The number of nitrogens with one attached hydrogen (secondary N) is 1. The third kappa shape index (κ3) is 1.62. The number of oxazole rings is 1. The SMILES string of the molecule is Cn1c(=O)oc2cc(N3C(=O)CNC4(COC4)C3=O)ccc21. The maximum absolute atomic E-state index is 12.6. The van der Waals surface area contributed by atoms with E-state index >= 15 is 0 Å². The predicted molar refractivity (Wildman–Crippen MR) is 75.5 cm³/mol. The second kappa shape index (κ2) is 4.28. The molecule has 0 radical (unpaired) electrons. The van der Waals surface area contributed by atoms with Gasteiger partial charge >= 0.3 is 5.76 Å². The van der Waals surface area contributed by atoms with Crippen LogP contribution < -0.4 is 16.0 Å². The topological polar surface area (TPSA) is 93.8 Å². The van der Waals surface area contributed by atoms with E-state index in [1.165, 1.54) is 10.6 Å². The van der Waals surface area contributed by atoms with Gasteiger partial charge in [-0.15, -0.1) is 0 Å². The van der Waals surface area contributed by atoms with E-state index in [2.05, 4.69) is 5.32 Å². The van der Waals surface area contributed by atoms with E-state index in [4.69, 9.17) is 9.15 Å². The zero-order valence-electron chi connectivity index (χ0n) is 11.8. The molecule has 2 aliphatic heterocycles. The van der Waals surface area contributed by atoms with Crippen molar-refractivity contribution in [2.75, 3.05) is 24.7 Å². The number of fused-ring (bicyclic) bond motifs is 1.